The van der Waals surface area contributed by atoms with Crippen LogP contribution in [-0.2, 0) is 22.4 Å². The highest BCUT2D eigenvalue weighted by atomic mass is 32.1. The molecule has 0 spiro atoms. The van der Waals surface area contributed by atoms with E-state index in [1.54, 1.807) is 12.1 Å². The Morgan fingerprint density at radius 2 is 1.87 bits per heavy atom. The summed E-state index contributed by atoms with van der Waals surface area (Å²) in [6.45, 7) is 0.263. The number of aromatic nitrogens is 2. The van der Waals surface area contributed by atoms with Gasteiger partial charge in [0.15, 0.2) is 0 Å². The third kappa shape index (κ3) is 4.88. The maximum Gasteiger partial charge on any atom is 0.231 e. The predicted octanol–water partition coefficient (Wildman–Crippen LogP) is 3.84. The van der Waals surface area contributed by atoms with Crippen LogP contribution in [0.25, 0.3) is 0 Å². The maximum atomic E-state index is 13.1. The van der Waals surface area contributed by atoms with Gasteiger partial charge < -0.3 is 10.2 Å². The lowest BCUT2D eigenvalue weighted by Gasteiger charge is -2.16. The van der Waals surface area contributed by atoms with E-state index in [1.807, 2.05) is 18.2 Å². The number of halogens is 1. The summed E-state index contributed by atoms with van der Waals surface area (Å²) in [5.41, 5.74) is 1.88. The molecule has 0 unspecified atom stereocenters. The Hall–Kier alpha value is -3.13. The molecule has 8 heteroatoms. The molecule has 2 aromatic carbocycles. The number of amides is 2. The van der Waals surface area contributed by atoms with Crippen LogP contribution in [0.3, 0.4) is 0 Å². The van der Waals surface area contributed by atoms with E-state index < -0.39 is 5.92 Å². The molecular weight excluding hydrogens is 403 g/mol. The lowest BCUT2D eigenvalue weighted by molar-refractivity contribution is -0.122. The van der Waals surface area contributed by atoms with Crippen molar-refractivity contribution in [3.63, 3.8) is 0 Å². The first-order valence-electron chi connectivity index (χ1n) is 9.81. The van der Waals surface area contributed by atoms with Crippen molar-refractivity contribution in [2.45, 2.75) is 25.7 Å². The fourth-order valence-corrected chi connectivity index (χ4v) is 4.24. The number of nitrogens with one attached hydrogen (secondary N) is 1. The van der Waals surface area contributed by atoms with Gasteiger partial charge in [-0.15, -0.1) is 10.2 Å². The molecule has 1 saturated heterocycles. The molecule has 154 valence electrons. The zero-order valence-electron chi connectivity index (χ0n) is 16.3. The third-order valence-corrected chi connectivity index (χ3v) is 5.93. The van der Waals surface area contributed by atoms with Gasteiger partial charge in [-0.05, 0) is 42.7 Å². The van der Waals surface area contributed by atoms with E-state index >= 15 is 0 Å². The number of benzene rings is 2. The molecule has 1 fully saturated rings. The second kappa shape index (κ2) is 9.13. The van der Waals surface area contributed by atoms with Crippen molar-refractivity contribution in [3.8, 4) is 0 Å². The molecule has 0 radical (unpaired) electrons. The van der Waals surface area contributed by atoms with Crippen molar-refractivity contribution in [2.75, 3.05) is 16.8 Å². The van der Waals surface area contributed by atoms with Crippen molar-refractivity contribution in [1.29, 1.82) is 0 Å². The second-order valence-electron chi connectivity index (χ2n) is 7.21. The largest absolute Gasteiger partial charge is 0.312 e. The molecule has 0 saturated carbocycles. The molecule has 2 heterocycles. The Kier molecular flexibility index (Phi) is 6.13. The summed E-state index contributed by atoms with van der Waals surface area (Å²) in [5.74, 6) is -1.25. The summed E-state index contributed by atoms with van der Waals surface area (Å²) in [5, 5.41) is 12.3. The number of hydrogen-bond acceptors (Lipinski definition) is 5. The zero-order chi connectivity index (χ0) is 20.9. The molecule has 1 N–H and O–H groups in total. The fraction of sp³-hybridized carbons (Fsp3) is 0.273. The number of carbonyl (C=O) groups excluding carboxylic acids is 2. The highest BCUT2D eigenvalue weighted by Crippen LogP contribution is 2.27. The number of rotatable bonds is 7. The minimum absolute atomic E-state index is 0.117. The maximum absolute atomic E-state index is 13.1. The summed E-state index contributed by atoms with van der Waals surface area (Å²) < 4.78 is 13.1. The van der Waals surface area contributed by atoms with Gasteiger partial charge in [-0.2, -0.15) is 0 Å². The first-order chi connectivity index (χ1) is 14.6. The molecule has 30 heavy (non-hydrogen) atoms. The van der Waals surface area contributed by atoms with Crippen LogP contribution in [0, 0.1) is 11.7 Å². The van der Waals surface area contributed by atoms with Gasteiger partial charge >= 0.3 is 0 Å². The number of nitrogens with zero attached hydrogens (tertiary/aromatic N) is 3. The predicted molar refractivity (Wildman–Crippen MR) is 114 cm³/mol. The van der Waals surface area contributed by atoms with Crippen molar-refractivity contribution in [3.05, 3.63) is 71.0 Å². The summed E-state index contributed by atoms with van der Waals surface area (Å²) in [6.07, 6.45) is 2.83. The monoisotopic (exact) mass is 424 g/mol. The van der Waals surface area contributed by atoms with Crippen LogP contribution in [0.2, 0.25) is 0 Å². The normalized spacial score (nSPS) is 16.1. The van der Waals surface area contributed by atoms with Gasteiger partial charge in [0.2, 0.25) is 16.9 Å². The average molecular weight is 425 g/mol. The van der Waals surface area contributed by atoms with E-state index in [1.165, 1.54) is 33.9 Å². The van der Waals surface area contributed by atoms with E-state index in [9.17, 15) is 14.0 Å². The van der Waals surface area contributed by atoms with E-state index in [-0.39, 0.29) is 30.6 Å². The Balaban J connectivity index is 1.29. The molecule has 3 aromatic rings. The van der Waals surface area contributed by atoms with E-state index in [0.717, 1.165) is 24.3 Å². The lowest BCUT2D eigenvalue weighted by Crippen LogP contribution is -2.28. The molecule has 4 rings (SSSR count). The number of carbonyl (C=O) groups is 2. The lowest BCUT2D eigenvalue weighted by atomic mass is 10.1. The molecular formula is C22H21FN4O2S. The molecule has 6 nitrogen and oxygen atoms in total. The van der Waals surface area contributed by atoms with Crippen LogP contribution in [-0.4, -0.2) is 28.6 Å². The van der Waals surface area contributed by atoms with Crippen LogP contribution in [0.1, 0.15) is 23.4 Å². The van der Waals surface area contributed by atoms with Crippen LogP contribution in [0.15, 0.2) is 54.6 Å². The standard InChI is InChI=1S/C22H21FN4O2S/c23-17-9-11-18(12-10-17)27-14-16(13-20(27)28)21(29)24-22-26-25-19(30-22)8-4-7-15-5-2-1-3-6-15/h1-3,5-6,9-12,16H,4,7-8,13-14H2,(H,24,26,29)/t16-/m1/s1. The molecule has 1 aliphatic heterocycles. The second-order valence-corrected chi connectivity index (χ2v) is 8.27. The summed E-state index contributed by atoms with van der Waals surface area (Å²) in [6, 6.07) is 15.9. The van der Waals surface area contributed by atoms with Gasteiger partial charge in [-0.3, -0.25) is 9.59 Å². The van der Waals surface area contributed by atoms with Crippen LogP contribution in [0.4, 0.5) is 15.2 Å². The van der Waals surface area contributed by atoms with Crippen molar-refractivity contribution in [2.24, 2.45) is 5.92 Å². The van der Waals surface area contributed by atoms with Crippen molar-refractivity contribution in [1.82, 2.24) is 10.2 Å². The van der Waals surface area contributed by atoms with Gasteiger partial charge in [0.1, 0.15) is 10.8 Å². The Morgan fingerprint density at radius 3 is 2.63 bits per heavy atom. The smallest absolute Gasteiger partial charge is 0.231 e. The topological polar surface area (TPSA) is 75.2 Å². The average Bonchev–Trinajstić information content (AvgIpc) is 3.36. The quantitative estimate of drug-likeness (QED) is 0.625. The van der Waals surface area contributed by atoms with Crippen molar-refractivity contribution >= 4 is 34.0 Å². The van der Waals surface area contributed by atoms with Gasteiger partial charge in [0, 0.05) is 25.1 Å². The summed E-state index contributed by atoms with van der Waals surface area (Å²) in [4.78, 5) is 26.4. The van der Waals surface area contributed by atoms with Gasteiger partial charge in [0.05, 0.1) is 5.92 Å². The number of anilines is 2. The summed E-state index contributed by atoms with van der Waals surface area (Å²) in [7, 11) is 0. The van der Waals surface area contributed by atoms with E-state index in [2.05, 4.69) is 27.6 Å². The SMILES string of the molecule is O=C(Nc1nnc(CCCc2ccccc2)s1)[C@@H]1CC(=O)N(c2ccc(F)cc2)C1. The summed E-state index contributed by atoms with van der Waals surface area (Å²) >= 11 is 1.36. The highest BCUT2D eigenvalue weighted by Gasteiger charge is 2.35. The molecule has 1 aliphatic rings. The molecule has 2 amide bonds. The Morgan fingerprint density at radius 1 is 1.10 bits per heavy atom. The molecule has 1 atom stereocenters. The van der Waals surface area contributed by atoms with Crippen LogP contribution in [0.5, 0.6) is 0 Å². The minimum atomic E-state index is -0.479. The zero-order valence-corrected chi connectivity index (χ0v) is 17.1. The molecule has 0 aliphatic carbocycles. The van der Waals surface area contributed by atoms with Crippen molar-refractivity contribution < 1.29 is 14.0 Å². The van der Waals surface area contributed by atoms with Gasteiger partial charge in [0.25, 0.3) is 0 Å². The van der Waals surface area contributed by atoms with E-state index in [4.69, 9.17) is 0 Å². The van der Waals surface area contributed by atoms with Crippen LogP contribution < -0.4 is 10.2 Å². The Labute approximate surface area is 177 Å². The van der Waals surface area contributed by atoms with Gasteiger partial charge in [-0.1, -0.05) is 41.7 Å². The first kappa shape index (κ1) is 20.2. The molecule has 0 bridgehead atoms. The third-order valence-electron chi connectivity index (χ3n) is 5.03. The molecule has 1 aromatic heterocycles. The minimum Gasteiger partial charge on any atom is -0.312 e. The first-order valence-corrected chi connectivity index (χ1v) is 10.6. The Bertz CT molecular complexity index is 1020. The fourth-order valence-electron chi connectivity index (χ4n) is 3.45. The number of aryl methyl sites for hydroxylation is 2. The number of hydrogen-bond donors (Lipinski definition) is 1. The van der Waals surface area contributed by atoms with Gasteiger partial charge in [-0.25, -0.2) is 4.39 Å². The van der Waals surface area contributed by atoms with Crippen LogP contribution >= 0.6 is 11.3 Å². The highest BCUT2D eigenvalue weighted by molar-refractivity contribution is 7.15. The van der Waals surface area contributed by atoms with E-state index in [0.29, 0.717) is 10.8 Å².